The molecule has 1 heterocycles. The molecule has 5 heteroatoms. The molecule has 2 rings (SSSR count). The molecule has 1 fully saturated rings. The van der Waals surface area contributed by atoms with Gasteiger partial charge in [0.2, 0.25) is 0 Å². The summed E-state index contributed by atoms with van der Waals surface area (Å²) in [7, 11) is 0. The minimum absolute atomic E-state index is 0.0718. The van der Waals surface area contributed by atoms with E-state index in [1.807, 2.05) is 0 Å². The second kappa shape index (κ2) is 4.09. The minimum Gasteiger partial charge on any atom is -0.398 e. The van der Waals surface area contributed by atoms with Crippen molar-refractivity contribution in [2.24, 2.45) is 5.92 Å². The molecule has 0 atom stereocenters. The number of carbonyl (C=O) groups excluding carboxylic acids is 1. The van der Waals surface area contributed by atoms with Crippen LogP contribution in [-0.4, -0.2) is 35.6 Å². The minimum atomic E-state index is -0.475. The molecule has 1 aliphatic rings. The Hall–Kier alpha value is -1.62. The van der Waals surface area contributed by atoms with E-state index in [0.717, 1.165) is 6.07 Å². The van der Waals surface area contributed by atoms with Crippen LogP contribution in [0.2, 0.25) is 0 Å². The summed E-state index contributed by atoms with van der Waals surface area (Å²) in [6.07, 6.45) is 0. The second-order valence-electron chi connectivity index (χ2n) is 3.99. The maximum absolute atomic E-state index is 13.0. The smallest absolute Gasteiger partial charge is 0.256 e. The van der Waals surface area contributed by atoms with Crippen LogP contribution in [0, 0.1) is 11.7 Å². The number of hydrogen-bond donors (Lipinski definition) is 2. The SMILES string of the molecule is Nc1ccc(F)cc1C(=O)N1CC(CO)C1. The number of hydrogen-bond acceptors (Lipinski definition) is 3. The third kappa shape index (κ3) is 1.86. The molecule has 3 N–H and O–H groups in total. The summed E-state index contributed by atoms with van der Waals surface area (Å²) >= 11 is 0. The summed E-state index contributed by atoms with van der Waals surface area (Å²) in [6.45, 7) is 1.08. The van der Waals surface area contributed by atoms with E-state index in [-0.39, 0.29) is 29.7 Å². The van der Waals surface area contributed by atoms with Gasteiger partial charge < -0.3 is 15.7 Å². The van der Waals surface area contributed by atoms with Gasteiger partial charge in [-0.1, -0.05) is 0 Å². The van der Waals surface area contributed by atoms with Crippen molar-refractivity contribution < 1.29 is 14.3 Å². The highest BCUT2D eigenvalue weighted by molar-refractivity contribution is 5.99. The molecule has 0 spiro atoms. The number of benzene rings is 1. The predicted molar refractivity (Wildman–Crippen MR) is 57.3 cm³/mol. The third-order valence-electron chi connectivity index (χ3n) is 2.75. The van der Waals surface area contributed by atoms with E-state index in [4.69, 9.17) is 10.8 Å². The van der Waals surface area contributed by atoms with Crippen LogP contribution in [0.25, 0.3) is 0 Å². The van der Waals surface area contributed by atoms with Crippen molar-refractivity contribution in [3.8, 4) is 0 Å². The molecule has 0 unspecified atom stereocenters. The highest BCUT2D eigenvalue weighted by Crippen LogP contribution is 2.21. The van der Waals surface area contributed by atoms with Gasteiger partial charge in [0.25, 0.3) is 5.91 Å². The van der Waals surface area contributed by atoms with Crippen LogP contribution in [0.1, 0.15) is 10.4 Å². The summed E-state index contributed by atoms with van der Waals surface area (Å²) in [5.74, 6) is -0.614. The zero-order chi connectivity index (χ0) is 11.7. The van der Waals surface area contributed by atoms with E-state index in [2.05, 4.69) is 0 Å². The lowest BCUT2D eigenvalue weighted by Gasteiger charge is -2.38. The van der Waals surface area contributed by atoms with Gasteiger partial charge in [-0.05, 0) is 18.2 Å². The van der Waals surface area contributed by atoms with Gasteiger partial charge in [0.05, 0.1) is 5.56 Å². The van der Waals surface area contributed by atoms with E-state index < -0.39 is 5.82 Å². The second-order valence-corrected chi connectivity index (χ2v) is 3.99. The molecular formula is C11H13FN2O2. The van der Waals surface area contributed by atoms with Crippen molar-refractivity contribution in [2.75, 3.05) is 25.4 Å². The van der Waals surface area contributed by atoms with Crippen LogP contribution in [0.5, 0.6) is 0 Å². The van der Waals surface area contributed by atoms with Gasteiger partial charge in [0.15, 0.2) is 0 Å². The first-order valence-corrected chi connectivity index (χ1v) is 5.07. The summed E-state index contributed by atoms with van der Waals surface area (Å²) < 4.78 is 13.0. The number of rotatable bonds is 2. The molecule has 0 aromatic heterocycles. The number of likely N-dealkylation sites (tertiary alicyclic amines) is 1. The lowest BCUT2D eigenvalue weighted by Crippen LogP contribution is -2.51. The Bertz CT molecular complexity index is 416. The van der Waals surface area contributed by atoms with Gasteiger partial charge in [-0.15, -0.1) is 0 Å². The number of anilines is 1. The van der Waals surface area contributed by atoms with Crippen molar-refractivity contribution in [1.82, 2.24) is 4.90 Å². The first-order chi connectivity index (χ1) is 7.61. The molecule has 0 bridgehead atoms. The summed E-state index contributed by atoms with van der Waals surface area (Å²) in [6, 6.07) is 3.74. The van der Waals surface area contributed by atoms with Gasteiger partial charge in [-0.3, -0.25) is 4.79 Å². The number of nitrogens with zero attached hydrogens (tertiary/aromatic N) is 1. The van der Waals surface area contributed by atoms with Crippen LogP contribution < -0.4 is 5.73 Å². The van der Waals surface area contributed by atoms with Gasteiger partial charge in [0.1, 0.15) is 5.82 Å². The maximum Gasteiger partial charge on any atom is 0.256 e. The highest BCUT2D eigenvalue weighted by Gasteiger charge is 2.31. The number of halogens is 1. The summed E-state index contributed by atoms with van der Waals surface area (Å²) in [5, 5.41) is 8.83. The Morgan fingerprint density at radius 1 is 1.56 bits per heavy atom. The summed E-state index contributed by atoms with van der Waals surface area (Å²) in [4.78, 5) is 13.4. The summed E-state index contributed by atoms with van der Waals surface area (Å²) in [5.41, 5.74) is 6.08. The van der Waals surface area contributed by atoms with Gasteiger partial charge >= 0.3 is 0 Å². The largest absolute Gasteiger partial charge is 0.398 e. The quantitative estimate of drug-likeness (QED) is 0.718. The molecule has 4 nitrogen and oxygen atoms in total. The molecular weight excluding hydrogens is 211 g/mol. The molecule has 16 heavy (non-hydrogen) atoms. The van der Waals surface area contributed by atoms with Crippen LogP contribution in [-0.2, 0) is 0 Å². The zero-order valence-corrected chi connectivity index (χ0v) is 8.69. The van der Waals surface area contributed by atoms with Crippen molar-refractivity contribution in [3.05, 3.63) is 29.6 Å². The van der Waals surface area contributed by atoms with Crippen molar-refractivity contribution >= 4 is 11.6 Å². The molecule has 1 aliphatic heterocycles. The van der Waals surface area contributed by atoms with Gasteiger partial charge in [-0.2, -0.15) is 0 Å². The Morgan fingerprint density at radius 2 is 2.25 bits per heavy atom. The van der Waals surface area contributed by atoms with Crippen LogP contribution in [0.3, 0.4) is 0 Å². The normalized spacial score (nSPS) is 16.0. The Kier molecular flexibility index (Phi) is 2.78. The van der Waals surface area contributed by atoms with E-state index >= 15 is 0 Å². The van der Waals surface area contributed by atoms with E-state index in [1.54, 1.807) is 4.90 Å². The Balaban J connectivity index is 2.13. The van der Waals surface area contributed by atoms with Gasteiger partial charge in [0, 0.05) is 31.3 Å². The fraction of sp³-hybridized carbons (Fsp3) is 0.364. The molecule has 1 aromatic rings. The standard InChI is InChI=1S/C11H13FN2O2/c12-8-1-2-10(13)9(3-8)11(16)14-4-7(5-14)6-15/h1-3,7,15H,4-6,13H2. The molecule has 1 aromatic carbocycles. The Labute approximate surface area is 92.5 Å². The average Bonchev–Trinajstić information content (AvgIpc) is 2.20. The predicted octanol–water partition coefficient (Wildman–Crippen LogP) is 0.472. The fourth-order valence-corrected chi connectivity index (χ4v) is 1.74. The molecule has 1 amide bonds. The van der Waals surface area contributed by atoms with Gasteiger partial charge in [-0.25, -0.2) is 4.39 Å². The molecule has 1 saturated heterocycles. The molecule has 0 radical (unpaired) electrons. The van der Waals surface area contributed by atoms with E-state index in [1.165, 1.54) is 12.1 Å². The molecule has 86 valence electrons. The third-order valence-corrected chi connectivity index (χ3v) is 2.75. The zero-order valence-electron chi connectivity index (χ0n) is 8.69. The number of carbonyl (C=O) groups is 1. The lowest BCUT2D eigenvalue weighted by atomic mass is 9.99. The van der Waals surface area contributed by atoms with Crippen LogP contribution in [0.15, 0.2) is 18.2 Å². The number of aliphatic hydroxyl groups is 1. The first-order valence-electron chi connectivity index (χ1n) is 5.07. The van der Waals surface area contributed by atoms with E-state index in [9.17, 15) is 9.18 Å². The number of aliphatic hydroxyl groups excluding tert-OH is 1. The topological polar surface area (TPSA) is 66.6 Å². The number of amides is 1. The number of nitrogen functional groups attached to an aromatic ring is 1. The van der Waals surface area contributed by atoms with Crippen LogP contribution in [0.4, 0.5) is 10.1 Å². The van der Waals surface area contributed by atoms with Crippen molar-refractivity contribution in [3.63, 3.8) is 0 Å². The monoisotopic (exact) mass is 224 g/mol. The van der Waals surface area contributed by atoms with Crippen molar-refractivity contribution in [1.29, 1.82) is 0 Å². The van der Waals surface area contributed by atoms with Crippen molar-refractivity contribution in [2.45, 2.75) is 0 Å². The van der Waals surface area contributed by atoms with E-state index in [0.29, 0.717) is 13.1 Å². The molecule has 0 aliphatic carbocycles. The fourth-order valence-electron chi connectivity index (χ4n) is 1.74. The highest BCUT2D eigenvalue weighted by atomic mass is 19.1. The van der Waals surface area contributed by atoms with Crippen LogP contribution >= 0.6 is 0 Å². The average molecular weight is 224 g/mol. The number of nitrogens with two attached hydrogens (primary N) is 1. The Morgan fingerprint density at radius 3 is 2.88 bits per heavy atom. The lowest BCUT2D eigenvalue weighted by molar-refractivity contribution is 0.0362. The first kappa shape index (κ1) is 10.9. The molecule has 0 saturated carbocycles. The maximum atomic E-state index is 13.0.